The Morgan fingerprint density at radius 1 is 1.45 bits per heavy atom. The highest BCUT2D eigenvalue weighted by atomic mass is 32.2. The van der Waals surface area contributed by atoms with Crippen LogP contribution in [0.15, 0.2) is 27.8 Å². The van der Waals surface area contributed by atoms with Gasteiger partial charge in [-0.25, -0.2) is 4.39 Å². The molecule has 1 amide bonds. The summed E-state index contributed by atoms with van der Waals surface area (Å²) in [5, 5.41) is 10.6. The second-order valence-electron chi connectivity index (χ2n) is 5.39. The zero-order valence-electron chi connectivity index (χ0n) is 12.3. The maximum absolute atomic E-state index is 13.5. The average Bonchev–Trinajstić information content (AvgIpc) is 3.23. The molecule has 3 rings (SSSR count). The van der Waals surface area contributed by atoms with Crippen molar-refractivity contribution < 1.29 is 13.6 Å². The van der Waals surface area contributed by atoms with Crippen LogP contribution in [0.3, 0.4) is 0 Å². The molecule has 0 aliphatic heterocycles. The molecule has 1 fully saturated rings. The van der Waals surface area contributed by atoms with Gasteiger partial charge in [0.25, 0.3) is 5.22 Å². The van der Waals surface area contributed by atoms with Crippen LogP contribution in [0.1, 0.15) is 37.1 Å². The number of rotatable bonds is 5. The van der Waals surface area contributed by atoms with E-state index in [1.807, 2.05) is 0 Å². The molecule has 0 unspecified atom stereocenters. The second kappa shape index (κ2) is 6.08. The molecule has 5 nitrogen and oxygen atoms in total. The van der Waals surface area contributed by atoms with Crippen molar-refractivity contribution in [3.05, 3.63) is 35.5 Å². The highest BCUT2D eigenvalue weighted by molar-refractivity contribution is 8.00. The third-order valence-electron chi connectivity index (χ3n) is 3.43. The minimum Gasteiger partial charge on any atom is -0.416 e. The molecule has 2 aromatic rings. The monoisotopic (exact) mass is 321 g/mol. The van der Waals surface area contributed by atoms with Gasteiger partial charge in [0.1, 0.15) is 5.82 Å². The lowest BCUT2D eigenvalue weighted by Crippen LogP contribution is -2.22. The van der Waals surface area contributed by atoms with Crippen LogP contribution in [-0.4, -0.2) is 21.4 Å². The van der Waals surface area contributed by atoms with Crippen LogP contribution < -0.4 is 5.32 Å². The van der Waals surface area contributed by atoms with Crippen LogP contribution in [0.25, 0.3) is 0 Å². The van der Waals surface area contributed by atoms with Gasteiger partial charge in [0, 0.05) is 11.6 Å². The van der Waals surface area contributed by atoms with Gasteiger partial charge in [-0.3, -0.25) is 4.79 Å². The number of aryl methyl sites for hydroxylation is 1. The molecule has 1 aliphatic rings. The summed E-state index contributed by atoms with van der Waals surface area (Å²) < 4.78 is 19.0. The number of nitrogens with zero attached hydrogens (tertiary/aromatic N) is 2. The fraction of sp³-hybridized carbons (Fsp3) is 0.400. The Labute approximate surface area is 131 Å². The van der Waals surface area contributed by atoms with Gasteiger partial charge in [-0.1, -0.05) is 17.8 Å². The zero-order valence-corrected chi connectivity index (χ0v) is 13.1. The molecule has 7 heteroatoms. The summed E-state index contributed by atoms with van der Waals surface area (Å²) in [6.07, 6.45) is 2.17. The second-order valence-corrected chi connectivity index (χ2v) is 6.69. The topological polar surface area (TPSA) is 68.0 Å². The third kappa shape index (κ3) is 3.47. The van der Waals surface area contributed by atoms with E-state index in [9.17, 15) is 9.18 Å². The van der Waals surface area contributed by atoms with E-state index in [0.29, 0.717) is 28.3 Å². The summed E-state index contributed by atoms with van der Waals surface area (Å²) in [5.74, 6) is 0.459. The van der Waals surface area contributed by atoms with Crippen molar-refractivity contribution >= 4 is 23.4 Å². The van der Waals surface area contributed by atoms with Crippen molar-refractivity contribution in [1.29, 1.82) is 0 Å². The maximum atomic E-state index is 13.5. The fourth-order valence-electron chi connectivity index (χ4n) is 1.88. The van der Waals surface area contributed by atoms with E-state index < -0.39 is 5.25 Å². The number of aromatic nitrogens is 2. The number of hydrogen-bond acceptors (Lipinski definition) is 5. The molecule has 0 bridgehead atoms. The number of anilines is 1. The Morgan fingerprint density at radius 2 is 2.23 bits per heavy atom. The number of amides is 1. The van der Waals surface area contributed by atoms with E-state index in [4.69, 9.17) is 4.42 Å². The molecule has 116 valence electrons. The van der Waals surface area contributed by atoms with Gasteiger partial charge < -0.3 is 9.73 Å². The van der Waals surface area contributed by atoms with Crippen LogP contribution in [0.2, 0.25) is 0 Å². The van der Waals surface area contributed by atoms with Crippen LogP contribution in [0.4, 0.5) is 10.1 Å². The summed E-state index contributed by atoms with van der Waals surface area (Å²) >= 11 is 1.20. The zero-order chi connectivity index (χ0) is 15.7. The van der Waals surface area contributed by atoms with Crippen LogP contribution in [0, 0.1) is 12.7 Å². The molecule has 0 spiro atoms. The largest absolute Gasteiger partial charge is 0.416 e. The Kier molecular flexibility index (Phi) is 4.15. The number of halogens is 1. The Bertz CT molecular complexity index is 700. The van der Waals surface area contributed by atoms with E-state index in [1.54, 1.807) is 26.0 Å². The van der Waals surface area contributed by atoms with Crippen molar-refractivity contribution in [2.45, 2.75) is 43.1 Å². The predicted octanol–water partition coefficient (Wildman–Crippen LogP) is 3.51. The molecule has 1 heterocycles. The average molecular weight is 321 g/mol. The molecule has 0 saturated heterocycles. The summed E-state index contributed by atoms with van der Waals surface area (Å²) in [6, 6.07) is 4.61. The van der Waals surface area contributed by atoms with Crippen LogP contribution in [0.5, 0.6) is 0 Å². The molecule has 1 atom stereocenters. The number of carbonyl (C=O) groups is 1. The normalized spacial score (nSPS) is 15.6. The number of benzene rings is 1. The van der Waals surface area contributed by atoms with Gasteiger partial charge >= 0.3 is 0 Å². The molecule has 22 heavy (non-hydrogen) atoms. The van der Waals surface area contributed by atoms with E-state index in [0.717, 1.165) is 12.8 Å². The first-order valence-electron chi connectivity index (χ1n) is 7.10. The van der Waals surface area contributed by atoms with Gasteiger partial charge in [-0.15, -0.1) is 10.2 Å². The predicted molar refractivity (Wildman–Crippen MR) is 81.4 cm³/mol. The molecule has 1 N–H and O–H groups in total. The third-order valence-corrected chi connectivity index (χ3v) is 4.37. The summed E-state index contributed by atoms with van der Waals surface area (Å²) in [4.78, 5) is 12.1. The van der Waals surface area contributed by atoms with E-state index >= 15 is 0 Å². The van der Waals surface area contributed by atoms with Crippen LogP contribution >= 0.6 is 11.8 Å². The SMILES string of the molecule is Cc1ccc(NC(=O)[C@@H](C)Sc2nnc(C3CC3)o2)cc1F. The lowest BCUT2D eigenvalue weighted by atomic mass is 10.2. The van der Waals surface area contributed by atoms with E-state index in [2.05, 4.69) is 15.5 Å². The maximum Gasteiger partial charge on any atom is 0.277 e. The fourth-order valence-corrected chi connectivity index (χ4v) is 2.57. The first kappa shape index (κ1) is 15.0. The molecule has 1 saturated carbocycles. The van der Waals surface area contributed by atoms with Crippen molar-refractivity contribution in [1.82, 2.24) is 10.2 Å². The quantitative estimate of drug-likeness (QED) is 0.854. The number of hydrogen-bond donors (Lipinski definition) is 1. The first-order chi connectivity index (χ1) is 10.5. The van der Waals surface area contributed by atoms with E-state index in [1.165, 1.54) is 17.8 Å². The Morgan fingerprint density at radius 3 is 2.91 bits per heavy atom. The molecular formula is C15H16FN3O2S. The van der Waals surface area contributed by atoms with Gasteiger partial charge in [0.15, 0.2) is 0 Å². The number of thioether (sulfide) groups is 1. The minimum atomic E-state index is -0.420. The highest BCUT2D eigenvalue weighted by Gasteiger charge is 2.30. The molecule has 1 aromatic carbocycles. The van der Waals surface area contributed by atoms with Gasteiger partial charge in [-0.2, -0.15) is 0 Å². The standard InChI is InChI=1S/C15H16FN3O2S/c1-8-3-6-11(7-12(8)16)17-13(20)9(2)22-15-19-18-14(21-15)10-4-5-10/h3,6-7,9-10H,4-5H2,1-2H3,(H,17,20)/t9-/m1/s1. The van der Waals surface area contributed by atoms with Gasteiger partial charge in [0.2, 0.25) is 11.8 Å². The Balaban J connectivity index is 1.59. The van der Waals surface area contributed by atoms with E-state index in [-0.39, 0.29) is 11.7 Å². The molecular weight excluding hydrogens is 305 g/mol. The summed E-state index contributed by atoms with van der Waals surface area (Å²) in [5.41, 5.74) is 0.976. The van der Waals surface area contributed by atoms with Gasteiger partial charge in [0.05, 0.1) is 5.25 Å². The smallest absolute Gasteiger partial charge is 0.277 e. The van der Waals surface area contributed by atoms with Crippen molar-refractivity contribution in [2.75, 3.05) is 5.32 Å². The first-order valence-corrected chi connectivity index (χ1v) is 7.98. The lowest BCUT2D eigenvalue weighted by Gasteiger charge is -2.10. The molecule has 1 aliphatic carbocycles. The Hall–Kier alpha value is -1.89. The van der Waals surface area contributed by atoms with Crippen molar-refractivity contribution in [2.24, 2.45) is 0 Å². The number of carbonyl (C=O) groups excluding carboxylic acids is 1. The van der Waals surface area contributed by atoms with Crippen LogP contribution in [-0.2, 0) is 4.79 Å². The summed E-state index contributed by atoms with van der Waals surface area (Å²) in [6.45, 7) is 3.41. The van der Waals surface area contributed by atoms with Crippen molar-refractivity contribution in [3.8, 4) is 0 Å². The van der Waals surface area contributed by atoms with Gasteiger partial charge in [-0.05, 0) is 44.4 Å². The highest BCUT2D eigenvalue weighted by Crippen LogP contribution is 2.40. The minimum absolute atomic E-state index is 0.237. The molecule has 0 radical (unpaired) electrons. The number of nitrogens with one attached hydrogen (secondary N) is 1. The van der Waals surface area contributed by atoms with Crippen molar-refractivity contribution in [3.63, 3.8) is 0 Å². The molecule has 1 aromatic heterocycles. The lowest BCUT2D eigenvalue weighted by molar-refractivity contribution is -0.115. The summed E-state index contributed by atoms with van der Waals surface area (Å²) in [7, 11) is 0.